The highest BCUT2D eigenvalue weighted by Crippen LogP contribution is 2.38. The number of aromatic nitrogens is 2. The van der Waals surface area contributed by atoms with Crippen LogP contribution in [0.15, 0.2) is 12.3 Å². The van der Waals surface area contributed by atoms with E-state index < -0.39 is 5.60 Å². The van der Waals surface area contributed by atoms with Crippen LogP contribution < -0.4 is 0 Å². The van der Waals surface area contributed by atoms with Gasteiger partial charge in [0.15, 0.2) is 0 Å². The van der Waals surface area contributed by atoms with Crippen LogP contribution in [-0.4, -0.2) is 20.5 Å². The first-order valence-electron chi connectivity index (χ1n) is 8.25. The Morgan fingerprint density at radius 3 is 2.70 bits per heavy atom. The van der Waals surface area contributed by atoms with E-state index in [1.807, 2.05) is 0 Å². The van der Waals surface area contributed by atoms with Gasteiger partial charge in [-0.3, -0.25) is 4.68 Å². The summed E-state index contributed by atoms with van der Waals surface area (Å²) in [5, 5.41) is 15.6. The van der Waals surface area contributed by atoms with Gasteiger partial charge in [-0.05, 0) is 50.0 Å². The van der Waals surface area contributed by atoms with Crippen LogP contribution in [-0.2, 0) is 6.42 Å². The summed E-state index contributed by atoms with van der Waals surface area (Å²) in [6, 6.07) is 2.57. The van der Waals surface area contributed by atoms with E-state index in [2.05, 4.69) is 44.6 Å². The quantitative estimate of drug-likeness (QED) is 0.885. The number of rotatable bonds is 5. The predicted molar refractivity (Wildman–Crippen MR) is 82.7 cm³/mol. The Labute approximate surface area is 123 Å². The van der Waals surface area contributed by atoms with Crippen LogP contribution in [0.5, 0.6) is 0 Å². The zero-order valence-corrected chi connectivity index (χ0v) is 13.5. The van der Waals surface area contributed by atoms with Gasteiger partial charge in [0, 0.05) is 12.6 Å². The highest BCUT2D eigenvalue weighted by molar-refractivity contribution is 5.07. The van der Waals surface area contributed by atoms with E-state index in [1.165, 1.54) is 0 Å². The van der Waals surface area contributed by atoms with Crippen molar-refractivity contribution in [2.45, 2.75) is 77.9 Å². The molecular formula is C17H30N2O. The van der Waals surface area contributed by atoms with Crippen molar-refractivity contribution >= 4 is 0 Å². The molecule has 20 heavy (non-hydrogen) atoms. The van der Waals surface area contributed by atoms with Crippen molar-refractivity contribution in [3.8, 4) is 0 Å². The Morgan fingerprint density at radius 2 is 2.10 bits per heavy atom. The minimum atomic E-state index is -0.556. The second-order valence-electron chi connectivity index (χ2n) is 6.82. The van der Waals surface area contributed by atoms with Gasteiger partial charge in [0.05, 0.1) is 17.3 Å². The van der Waals surface area contributed by atoms with E-state index in [1.54, 1.807) is 0 Å². The van der Waals surface area contributed by atoms with Crippen molar-refractivity contribution in [3.63, 3.8) is 0 Å². The van der Waals surface area contributed by atoms with E-state index in [-0.39, 0.29) is 0 Å². The minimum absolute atomic E-state index is 0.365. The summed E-state index contributed by atoms with van der Waals surface area (Å²) in [7, 11) is 0. The summed E-state index contributed by atoms with van der Waals surface area (Å²) in [6.07, 6.45) is 8.16. The fraction of sp³-hybridized carbons (Fsp3) is 0.824. The van der Waals surface area contributed by atoms with E-state index in [0.717, 1.165) is 43.7 Å². The van der Waals surface area contributed by atoms with Crippen LogP contribution >= 0.6 is 0 Å². The van der Waals surface area contributed by atoms with Gasteiger partial charge in [-0.2, -0.15) is 5.10 Å². The molecule has 1 aliphatic rings. The Bertz CT molecular complexity index is 424. The third-order valence-corrected chi connectivity index (χ3v) is 5.21. The van der Waals surface area contributed by atoms with Crippen LogP contribution in [0.2, 0.25) is 0 Å². The normalized spacial score (nSPS) is 30.9. The average molecular weight is 278 g/mol. The maximum absolute atomic E-state index is 10.9. The molecule has 3 heteroatoms. The lowest BCUT2D eigenvalue weighted by Gasteiger charge is -2.40. The molecule has 3 nitrogen and oxygen atoms in total. The molecule has 1 aromatic heterocycles. The average Bonchev–Trinajstić information content (AvgIpc) is 2.85. The Balaban J connectivity index is 2.06. The Hall–Kier alpha value is -0.830. The molecule has 3 unspecified atom stereocenters. The zero-order valence-electron chi connectivity index (χ0n) is 13.5. The van der Waals surface area contributed by atoms with Gasteiger partial charge < -0.3 is 5.11 Å². The second kappa shape index (κ2) is 6.30. The molecule has 0 spiro atoms. The molecule has 114 valence electrons. The van der Waals surface area contributed by atoms with Crippen LogP contribution in [0, 0.1) is 11.8 Å². The lowest BCUT2D eigenvalue weighted by Crippen LogP contribution is -2.43. The van der Waals surface area contributed by atoms with E-state index in [4.69, 9.17) is 5.10 Å². The third-order valence-electron chi connectivity index (χ3n) is 5.21. The lowest BCUT2D eigenvalue weighted by molar-refractivity contribution is -0.0529. The van der Waals surface area contributed by atoms with Gasteiger partial charge in [0.2, 0.25) is 0 Å². The van der Waals surface area contributed by atoms with Crippen molar-refractivity contribution in [1.29, 1.82) is 0 Å². The van der Waals surface area contributed by atoms with Gasteiger partial charge in [0.1, 0.15) is 0 Å². The van der Waals surface area contributed by atoms with Gasteiger partial charge in [-0.25, -0.2) is 0 Å². The summed E-state index contributed by atoms with van der Waals surface area (Å²) in [5.41, 5.74) is 0.486. The first-order valence-corrected chi connectivity index (χ1v) is 8.25. The Morgan fingerprint density at radius 1 is 1.40 bits per heavy atom. The summed E-state index contributed by atoms with van der Waals surface area (Å²) in [4.78, 5) is 0. The number of nitrogens with zero attached hydrogens (tertiary/aromatic N) is 2. The Kier molecular flexibility index (Phi) is 4.90. The fourth-order valence-electron chi connectivity index (χ4n) is 3.60. The van der Waals surface area contributed by atoms with E-state index >= 15 is 0 Å². The molecule has 0 radical (unpaired) electrons. The number of hydrogen-bond acceptors (Lipinski definition) is 2. The highest BCUT2D eigenvalue weighted by Gasteiger charge is 2.38. The molecule has 0 amide bonds. The summed E-state index contributed by atoms with van der Waals surface area (Å²) in [5.74, 6) is 1.11. The molecule has 1 aliphatic carbocycles. The maximum atomic E-state index is 10.9. The summed E-state index contributed by atoms with van der Waals surface area (Å²) in [6.45, 7) is 8.88. The number of hydrogen-bond donors (Lipinski definition) is 1. The van der Waals surface area contributed by atoms with Crippen molar-refractivity contribution in [1.82, 2.24) is 9.78 Å². The third kappa shape index (κ3) is 3.25. The van der Waals surface area contributed by atoms with Gasteiger partial charge in [0.25, 0.3) is 0 Å². The maximum Gasteiger partial charge on any atom is 0.0729 e. The molecule has 1 saturated carbocycles. The molecule has 0 bridgehead atoms. The summed E-state index contributed by atoms with van der Waals surface area (Å²) >= 11 is 0. The van der Waals surface area contributed by atoms with Crippen molar-refractivity contribution < 1.29 is 5.11 Å². The standard InChI is InChI=1S/C17H30N2O/c1-5-16(6-2)19-10-8-15(18-19)12-17(20)9-7-13(3)11-14(17)4/h8,10,13-14,16,20H,5-7,9,11-12H2,1-4H3. The van der Waals surface area contributed by atoms with Crippen molar-refractivity contribution in [2.75, 3.05) is 0 Å². The zero-order chi connectivity index (χ0) is 14.8. The van der Waals surface area contributed by atoms with Crippen LogP contribution in [0.1, 0.15) is 71.5 Å². The van der Waals surface area contributed by atoms with Gasteiger partial charge in [-0.1, -0.05) is 27.7 Å². The fourth-order valence-corrected chi connectivity index (χ4v) is 3.60. The molecule has 1 heterocycles. The monoisotopic (exact) mass is 278 g/mol. The largest absolute Gasteiger partial charge is 0.389 e. The molecule has 1 fully saturated rings. The van der Waals surface area contributed by atoms with Crippen molar-refractivity contribution in [2.24, 2.45) is 11.8 Å². The van der Waals surface area contributed by atoms with Crippen LogP contribution in [0.25, 0.3) is 0 Å². The van der Waals surface area contributed by atoms with Gasteiger partial charge >= 0.3 is 0 Å². The SMILES string of the molecule is CCC(CC)n1ccc(CC2(O)CCC(C)CC2C)n1. The smallest absolute Gasteiger partial charge is 0.0729 e. The minimum Gasteiger partial charge on any atom is -0.389 e. The van der Waals surface area contributed by atoms with Gasteiger partial charge in [-0.15, -0.1) is 0 Å². The van der Waals surface area contributed by atoms with E-state index in [9.17, 15) is 5.11 Å². The first-order chi connectivity index (χ1) is 9.48. The van der Waals surface area contributed by atoms with E-state index in [0.29, 0.717) is 18.4 Å². The van der Waals surface area contributed by atoms with Crippen molar-refractivity contribution in [3.05, 3.63) is 18.0 Å². The molecule has 0 saturated heterocycles. The first kappa shape index (κ1) is 15.6. The number of aliphatic hydroxyl groups is 1. The van der Waals surface area contributed by atoms with Crippen LogP contribution in [0.4, 0.5) is 0 Å². The molecule has 2 rings (SSSR count). The molecule has 3 atom stereocenters. The second-order valence-corrected chi connectivity index (χ2v) is 6.82. The predicted octanol–water partition coefficient (Wildman–Crippen LogP) is 3.97. The molecule has 0 aromatic carbocycles. The lowest BCUT2D eigenvalue weighted by atomic mass is 9.70. The highest BCUT2D eigenvalue weighted by atomic mass is 16.3. The molecular weight excluding hydrogens is 248 g/mol. The van der Waals surface area contributed by atoms with Crippen LogP contribution in [0.3, 0.4) is 0 Å². The topological polar surface area (TPSA) is 38.0 Å². The summed E-state index contributed by atoms with van der Waals surface area (Å²) < 4.78 is 2.08. The molecule has 0 aliphatic heterocycles. The molecule has 1 N–H and O–H groups in total. The molecule has 1 aromatic rings.